The number of halogens is 3. The molecule has 1 aromatic rings. The van der Waals surface area contributed by atoms with Crippen LogP contribution in [0.1, 0.15) is 11.1 Å². The number of rotatable bonds is 1. The molecule has 0 saturated heterocycles. The Hall–Kier alpha value is 0.470. The summed E-state index contributed by atoms with van der Waals surface area (Å²) in [4.78, 5) is 0. The van der Waals surface area contributed by atoms with Crippen molar-refractivity contribution in [3.05, 3.63) is 32.8 Å². The van der Waals surface area contributed by atoms with E-state index in [9.17, 15) is 0 Å². The zero-order valence-electron chi connectivity index (χ0n) is 6.00. The molecule has 1 aromatic carbocycles. The smallest absolute Gasteiger partial charge is 0.0476 e. The molecule has 1 rings (SSSR count). The molecule has 0 fully saturated rings. The van der Waals surface area contributed by atoms with Gasteiger partial charge in [-0.05, 0) is 30.2 Å². The molecule has 60 valence electrons. The van der Waals surface area contributed by atoms with E-state index >= 15 is 0 Å². The number of alkyl halides is 1. The molecule has 0 nitrogen and oxygen atoms in total. The Morgan fingerprint density at radius 1 is 1.45 bits per heavy atom. The van der Waals surface area contributed by atoms with Gasteiger partial charge >= 0.3 is 0 Å². The molecule has 0 aliphatic rings. The van der Waals surface area contributed by atoms with Gasteiger partial charge in [0.1, 0.15) is 0 Å². The predicted molar refractivity (Wildman–Crippen MR) is 56.5 cm³/mol. The highest BCUT2D eigenvalue weighted by molar-refractivity contribution is 9.10. The molecule has 0 heterocycles. The molecule has 0 aromatic heterocycles. The Morgan fingerprint density at radius 3 is 2.64 bits per heavy atom. The van der Waals surface area contributed by atoms with Crippen LogP contribution in [0, 0.1) is 6.92 Å². The fraction of sp³-hybridized carbons (Fsp3) is 0.250. The molecule has 0 aliphatic heterocycles. The van der Waals surface area contributed by atoms with Gasteiger partial charge in [0.25, 0.3) is 0 Å². The molecule has 0 N–H and O–H groups in total. The molecule has 0 amide bonds. The lowest BCUT2D eigenvalue weighted by atomic mass is 10.2. The summed E-state index contributed by atoms with van der Waals surface area (Å²) in [6, 6.07) is 4.03. The minimum absolute atomic E-state index is 0.798. The van der Waals surface area contributed by atoms with Crippen LogP contribution in [0.15, 0.2) is 16.6 Å². The Labute approximate surface area is 88.2 Å². The van der Waals surface area contributed by atoms with Crippen LogP contribution in [0.3, 0.4) is 0 Å². The first-order valence-corrected chi connectivity index (χ1v) is 5.45. The van der Waals surface area contributed by atoms with E-state index in [1.54, 1.807) is 0 Å². The SMILES string of the molecule is Cc1cc(Br)cc(CBr)c1Cl. The summed E-state index contributed by atoms with van der Waals surface area (Å²) in [6.45, 7) is 2.00. The minimum Gasteiger partial charge on any atom is -0.0876 e. The second-order valence-electron chi connectivity index (χ2n) is 2.33. The van der Waals surface area contributed by atoms with E-state index in [0.29, 0.717) is 0 Å². The zero-order chi connectivity index (χ0) is 8.43. The maximum atomic E-state index is 6.01. The van der Waals surface area contributed by atoms with Crippen molar-refractivity contribution in [2.24, 2.45) is 0 Å². The van der Waals surface area contributed by atoms with Crippen molar-refractivity contribution >= 4 is 43.5 Å². The van der Waals surface area contributed by atoms with Crippen molar-refractivity contribution in [1.82, 2.24) is 0 Å². The molecule has 3 heteroatoms. The van der Waals surface area contributed by atoms with Crippen LogP contribution < -0.4 is 0 Å². The summed E-state index contributed by atoms with van der Waals surface area (Å²) in [5.41, 5.74) is 2.23. The molecule has 0 aliphatic carbocycles. The average molecular weight is 298 g/mol. The highest BCUT2D eigenvalue weighted by Crippen LogP contribution is 2.26. The zero-order valence-corrected chi connectivity index (χ0v) is 9.92. The summed E-state index contributed by atoms with van der Waals surface area (Å²) in [7, 11) is 0. The molecular formula is C8H7Br2Cl. The third kappa shape index (κ3) is 2.20. The molecule has 0 radical (unpaired) electrons. The van der Waals surface area contributed by atoms with E-state index in [-0.39, 0.29) is 0 Å². The lowest BCUT2D eigenvalue weighted by molar-refractivity contribution is 1.35. The van der Waals surface area contributed by atoms with Gasteiger partial charge in [0, 0.05) is 14.8 Å². The van der Waals surface area contributed by atoms with E-state index in [1.165, 1.54) is 0 Å². The van der Waals surface area contributed by atoms with Crippen LogP contribution >= 0.6 is 43.5 Å². The highest BCUT2D eigenvalue weighted by atomic mass is 79.9. The van der Waals surface area contributed by atoms with Gasteiger partial charge in [-0.25, -0.2) is 0 Å². The van der Waals surface area contributed by atoms with E-state index in [2.05, 4.69) is 31.9 Å². The van der Waals surface area contributed by atoms with Gasteiger partial charge in [-0.1, -0.05) is 43.5 Å². The first-order valence-electron chi connectivity index (χ1n) is 3.15. The van der Waals surface area contributed by atoms with Gasteiger partial charge in [0.15, 0.2) is 0 Å². The maximum absolute atomic E-state index is 6.01. The van der Waals surface area contributed by atoms with Crippen molar-refractivity contribution in [2.45, 2.75) is 12.3 Å². The summed E-state index contributed by atoms with van der Waals surface area (Å²) in [5.74, 6) is 0. The average Bonchev–Trinajstić information content (AvgIpc) is 1.96. The minimum atomic E-state index is 0.798. The van der Waals surface area contributed by atoms with Crippen molar-refractivity contribution in [3.8, 4) is 0 Å². The molecule has 0 bridgehead atoms. The highest BCUT2D eigenvalue weighted by Gasteiger charge is 2.02. The quantitative estimate of drug-likeness (QED) is 0.678. The van der Waals surface area contributed by atoms with Crippen molar-refractivity contribution < 1.29 is 0 Å². The largest absolute Gasteiger partial charge is 0.0876 e. The van der Waals surface area contributed by atoms with Gasteiger partial charge in [0.2, 0.25) is 0 Å². The van der Waals surface area contributed by atoms with Gasteiger partial charge in [-0.15, -0.1) is 0 Å². The second-order valence-corrected chi connectivity index (χ2v) is 4.18. The van der Waals surface area contributed by atoms with Crippen molar-refractivity contribution in [2.75, 3.05) is 0 Å². The third-order valence-corrected chi connectivity index (χ3v) is 3.04. The van der Waals surface area contributed by atoms with Crippen LogP contribution in [0.2, 0.25) is 5.02 Å². The molecular weight excluding hydrogens is 291 g/mol. The number of aryl methyl sites for hydroxylation is 1. The number of hydrogen-bond acceptors (Lipinski definition) is 0. The molecule has 0 saturated carbocycles. The normalized spacial score (nSPS) is 10.2. The fourth-order valence-corrected chi connectivity index (χ4v) is 2.29. The van der Waals surface area contributed by atoms with Crippen LogP contribution in [0.4, 0.5) is 0 Å². The Bertz CT molecular complexity index is 271. The molecule has 0 spiro atoms. The molecule has 0 atom stereocenters. The fourth-order valence-electron chi connectivity index (χ4n) is 0.892. The molecule has 11 heavy (non-hydrogen) atoms. The third-order valence-electron chi connectivity index (χ3n) is 1.44. The maximum Gasteiger partial charge on any atom is 0.0476 e. The Kier molecular flexibility index (Phi) is 3.41. The predicted octanol–water partition coefficient (Wildman–Crippen LogP) is 4.31. The number of benzene rings is 1. The van der Waals surface area contributed by atoms with Crippen LogP contribution in [-0.2, 0) is 5.33 Å². The standard InChI is InChI=1S/C8H7Br2Cl/c1-5-2-7(10)3-6(4-9)8(5)11/h2-3H,4H2,1H3. The van der Waals surface area contributed by atoms with Crippen LogP contribution in [0.25, 0.3) is 0 Å². The van der Waals surface area contributed by atoms with Crippen LogP contribution in [0.5, 0.6) is 0 Å². The van der Waals surface area contributed by atoms with Crippen molar-refractivity contribution in [3.63, 3.8) is 0 Å². The van der Waals surface area contributed by atoms with Gasteiger partial charge in [-0.3, -0.25) is 0 Å². The van der Waals surface area contributed by atoms with Gasteiger partial charge in [-0.2, -0.15) is 0 Å². The van der Waals surface area contributed by atoms with E-state index in [1.807, 2.05) is 19.1 Å². The lowest BCUT2D eigenvalue weighted by Crippen LogP contribution is -1.84. The second kappa shape index (κ2) is 3.92. The van der Waals surface area contributed by atoms with Gasteiger partial charge in [0.05, 0.1) is 0 Å². The summed E-state index contributed by atoms with van der Waals surface area (Å²) >= 11 is 12.8. The topological polar surface area (TPSA) is 0 Å². The van der Waals surface area contributed by atoms with E-state index < -0.39 is 0 Å². The summed E-state index contributed by atoms with van der Waals surface area (Å²) in [6.07, 6.45) is 0. The Morgan fingerprint density at radius 2 is 2.09 bits per heavy atom. The van der Waals surface area contributed by atoms with E-state index in [0.717, 1.165) is 26.0 Å². The lowest BCUT2D eigenvalue weighted by Gasteiger charge is -2.04. The van der Waals surface area contributed by atoms with E-state index in [4.69, 9.17) is 11.6 Å². The number of hydrogen-bond donors (Lipinski definition) is 0. The monoisotopic (exact) mass is 296 g/mol. The van der Waals surface area contributed by atoms with Crippen molar-refractivity contribution in [1.29, 1.82) is 0 Å². The van der Waals surface area contributed by atoms with Gasteiger partial charge < -0.3 is 0 Å². The molecule has 0 unspecified atom stereocenters. The summed E-state index contributed by atoms with van der Waals surface area (Å²) < 4.78 is 1.08. The first kappa shape index (κ1) is 9.56. The van der Waals surface area contributed by atoms with Crippen LogP contribution in [-0.4, -0.2) is 0 Å². The Balaban J connectivity index is 3.24. The first-order chi connectivity index (χ1) is 5.15. The summed E-state index contributed by atoms with van der Waals surface area (Å²) in [5, 5.41) is 1.65.